The number of hydrogen-bond acceptors (Lipinski definition) is 4. The fraction of sp³-hybridized carbons (Fsp3) is 0.333. The number of amides is 1. The summed E-state index contributed by atoms with van der Waals surface area (Å²) in [6.45, 7) is 2.33. The zero-order valence-corrected chi connectivity index (χ0v) is 17.0. The lowest BCUT2D eigenvalue weighted by Crippen LogP contribution is -2.41. The first-order valence-electron chi connectivity index (χ1n) is 8.47. The van der Waals surface area contributed by atoms with Crippen LogP contribution in [0.4, 0.5) is 5.82 Å². The molecule has 0 aliphatic carbocycles. The normalized spacial score (nSPS) is 16.3. The third kappa shape index (κ3) is 4.60. The minimum atomic E-state index is -3.76. The molecule has 27 heavy (non-hydrogen) atoms. The summed E-state index contributed by atoms with van der Waals surface area (Å²) in [6, 6.07) is 9.75. The second-order valence-electron chi connectivity index (χ2n) is 6.41. The average molecular weight is 428 g/mol. The van der Waals surface area contributed by atoms with Crippen LogP contribution in [0.1, 0.15) is 18.5 Å². The van der Waals surface area contributed by atoms with Crippen LogP contribution in [0, 0.1) is 12.8 Å². The molecule has 144 valence electrons. The van der Waals surface area contributed by atoms with Crippen LogP contribution in [0.3, 0.4) is 0 Å². The quantitative estimate of drug-likeness (QED) is 0.805. The summed E-state index contributed by atoms with van der Waals surface area (Å²) in [5, 5.41) is 3.23. The van der Waals surface area contributed by atoms with Crippen LogP contribution in [-0.2, 0) is 14.8 Å². The lowest BCUT2D eigenvalue weighted by atomic mass is 9.97. The zero-order chi connectivity index (χ0) is 19.6. The fourth-order valence-electron chi connectivity index (χ4n) is 3.01. The Labute approximate surface area is 168 Å². The molecule has 1 saturated heterocycles. The van der Waals surface area contributed by atoms with Gasteiger partial charge in [0.15, 0.2) is 0 Å². The standard InChI is InChI=1S/C18H19Cl2N3O3S/c1-12-3-2-4-17(21-12)22-18(24)13-7-9-23(10-8-13)27(25,26)16-11-14(19)5-6-15(16)20/h2-6,11,13H,7-10H2,1H3,(H,21,22,24). The molecule has 1 aromatic carbocycles. The Morgan fingerprint density at radius 2 is 1.89 bits per heavy atom. The number of carbonyl (C=O) groups is 1. The SMILES string of the molecule is Cc1cccc(NC(=O)C2CCN(S(=O)(=O)c3cc(Cl)ccc3Cl)CC2)n1. The zero-order valence-electron chi connectivity index (χ0n) is 14.7. The van der Waals surface area contributed by atoms with Crippen LogP contribution in [-0.4, -0.2) is 36.7 Å². The molecule has 1 aromatic heterocycles. The maximum atomic E-state index is 12.8. The van der Waals surface area contributed by atoms with E-state index in [-0.39, 0.29) is 34.8 Å². The van der Waals surface area contributed by atoms with Gasteiger partial charge in [-0.25, -0.2) is 13.4 Å². The van der Waals surface area contributed by atoms with Crippen molar-refractivity contribution in [1.29, 1.82) is 0 Å². The van der Waals surface area contributed by atoms with Crippen molar-refractivity contribution < 1.29 is 13.2 Å². The predicted molar refractivity (Wildman–Crippen MR) is 106 cm³/mol. The van der Waals surface area contributed by atoms with Gasteiger partial charge in [-0.2, -0.15) is 4.31 Å². The molecule has 3 rings (SSSR count). The molecule has 1 aliphatic heterocycles. The largest absolute Gasteiger partial charge is 0.310 e. The number of piperidine rings is 1. The summed E-state index contributed by atoms with van der Waals surface area (Å²) in [4.78, 5) is 16.7. The highest BCUT2D eigenvalue weighted by atomic mass is 35.5. The molecular formula is C18H19Cl2N3O3S. The van der Waals surface area contributed by atoms with Gasteiger partial charge in [0.2, 0.25) is 15.9 Å². The van der Waals surface area contributed by atoms with Crippen LogP contribution < -0.4 is 5.32 Å². The summed E-state index contributed by atoms with van der Waals surface area (Å²) < 4.78 is 27.0. The van der Waals surface area contributed by atoms with Gasteiger partial charge < -0.3 is 5.32 Å². The molecular weight excluding hydrogens is 409 g/mol. The fourth-order valence-corrected chi connectivity index (χ4v) is 5.22. The average Bonchev–Trinajstić information content (AvgIpc) is 2.63. The summed E-state index contributed by atoms with van der Waals surface area (Å²) in [5.41, 5.74) is 0.812. The molecule has 0 unspecified atom stereocenters. The van der Waals surface area contributed by atoms with Gasteiger partial charge >= 0.3 is 0 Å². The van der Waals surface area contributed by atoms with Crippen LogP contribution in [0.5, 0.6) is 0 Å². The predicted octanol–water partition coefficient (Wildman–Crippen LogP) is 3.74. The Bertz CT molecular complexity index is 958. The number of hydrogen-bond donors (Lipinski definition) is 1. The number of anilines is 1. The summed E-state index contributed by atoms with van der Waals surface area (Å²) >= 11 is 12.0. The molecule has 2 heterocycles. The van der Waals surface area contributed by atoms with E-state index >= 15 is 0 Å². The van der Waals surface area contributed by atoms with Crippen molar-refractivity contribution in [2.45, 2.75) is 24.7 Å². The molecule has 0 bridgehead atoms. The third-order valence-electron chi connectivity index (χ3n) is 4.48. The highest BCUT2D eigenvalue weighted by Gasteiger charge is 2.33. The number of sulfonamides is 1. The number of benzene rings is 1. The second-order valence-corrected chi connectivity index (χ2v) is 9.16. The Morgan fingerprint density at radius 3 is 2.56 bits per heavy atom. The molecule has 2 aromatic rings. The first-order chi connectivity index (χ1) is 12.8. The second kappa shape index (κ2) is 8.14. The van der Waals surface area contributed by atoms with Crippen LogP contribution >= 0.6 is 23.2 Å². The van der Waals surface area contributed by atoms with E-state index in [2.05, 4.69) is 10.3 Å². The van der Waals surface area contributed by atoms with Gasteiger partial charge in [-0.1, -0.05) is 29.3 Å². The maximum absolute atomic E-state index is 12.8. The molecule has 0 saturated carbocycles. The molecule has 1 N–H and O–H groups in total. The van der Waals surface area contributed by atoms with E-state index < -0.39 is 10.0 Å². The first kappa shape index (κ1) is 20.1. The molecule has 0 radical (unpaired) electrons. The first-order valence-corrected chi connectivity index (χ1v) is 10.7. The molecule has 6 nitrogen and oxygen atoms in total. The van der Waals surface area contributed by atoms with Gasteiger partial charge in [0, 0.05) is 29.7 Å². The summed E-state index contributed by atoms with van der Waals surface area (Å²) in [7, 11) is -3.76. The number of rotatable bonds is 4. The van der Waals surface area contributed by atoms with Crippen LogP contribution in [0.25, 0.3) is 0 Å². The smallest absolute Gasteiger partial charge is 0.244 e. The molecule has 1 amide bonds. The van der Waals surface area contributed by atoms with E-state index in [0.717, 1.165) is 5.69 Å². The molecule has 9 heteroatoms. The van der Waals surface area contributed by atoms with Crippen molar-refractivity contribution in [3.05, 3.63) is 52.1 Å². The van der Waals surface area contributed by atoms with Gasteiger partial charge in [-0.15, -0.1) is 0 Å². The highest BCUT2D eigenvalue weighted by molar-refractivity contribution is 7.89. The van der Waals surface area contributed by atoms with Gasteiger partial charge in [0.05, 0.1) is 5.02 Å². The van der Waals surface area contributed by atoms with E-state index in [0.29, 0.717) is 23.7 Å². The topological polar surface area (TPSA) is 79.4 Å². The van der Waals surface area contributed by atoms with E-state index in [9.17, 15) is 13.2 Å². The van der Waals surface area contributed by atoms with Crippen molar-refractivity contribution in [1.82, 2.24) is 9.29 Å². The lowest BCUT2D eigenvalue weighted by Gasteiger charge is -2.30. The maximum Gasteiger partial charge on any atom is 0.244 e. The summed E-state index contributed by atoms with van der Waals surface area (Å²) in [5.74, 6) is 0.0836. The Balaban J connectivity index is 1.66. The molecule has 0 spiro atoms. The van der Waals surface area contributed by atoms with Gasteiger partial charge in [-0.05, 0) is 50.1 Å². The van der Waals surface area contributed by atoms with Crippen LogP contribution in [0.2, 0.25) is 10.0 Å². The number of nitrogens with zero attached hydrogens (tertiary/aromatic N) is 2. The minimum Gasteiger partial charge on any atom is -0.310 e. The monoisotopic (exact) mass is 427 g/mol. The number of halogens is 2. The van der Waals surface area contributed by atoms with Crippen molar-refractivity contribution in [2.24, 2.45) is 5.92 Å². The van der Waals surface area contributed by atoms with Crippen molar-refractivity contribution in [3.8, 4) is 0 Å². The minimum absolute atomic E-state index is 0.0106. The van der Waals surface area contributed by atoms with E-state index in [1.807, 2.05) is 19.1 Å². The number of aromatic nitrogens is 1. The van der Waals surface area contributed by atoms with E-state index in [1.165, 1.54) is 16.4 Å². The molecule has 0 atom stereocenters. The number of pyridine rings is 1. The van der Waals surface area contributed by atoms with Crippen LogP contribution in [0.15, 0.2) is 41.3 Å². The van der Waals surface area contributed by atoms with E-state index in [4.69, 9.17) is 23.2 Å². The Kier molecular flexibility index (Phi) is 6.05. The van der Waals surface area contributed by atoms with Gasteiger partial charge in [-0.3, -0.25) is 4.79 Å². The van der Waals surface area contributed by atoms with E-state index in [1.54, 1.807) is 12.1 Å². The molecule has 1 fully saturated rings. The lowest BCUT2D eigenvalue weighted by molar-refractivity contribution is -0.120. The van der Waals surface area contributed by atoms with Gasteiger partial charge in [0.25, 0.3) is 0 Å². The number of carbonyl (C=O) groups excluding carboxylic acids is 1. The third-order valence-corrected chi connectivity index (χ3v) is 7.09. The van der Waals surface area contributed by atoms with Crippen molar-refractivity contribution in [2.75, 3.05) is 18.4 Å². The summed E-state index contributed by atoms with van der Waals surface area (Å²) in [6.07, 6.45) is 0.851. The number of aryl methyl sites for hydroxylation is 1. The highest BCUT2D eigenvalue weighted by Crippen LogP contribution is 2.30. The Morgan fingerprint density at radius 1 is 1.19 bits per heavy atom. The van der Waals surface area contributed by atoms with Gasteiger partial charge in [0.1, 0.15) is 10.7 Å². The Hall–Kier alpha value is -1.67. The van der Waals surface area contributed by atoms with Crippen molar-refractivity contribution in [3.63, 3.8) is 0 Å². The molecule has 1 aliphatic rings. The number of nitrogens with one attached hydrogen (secondary N) is 1. The van der Waals surface area contributed by atoms with Crippen molar-refractivity contribution >= 4 is 45.0 Å².